The standard InChI is InChI=1S/C39H43N3O15/c1-39(2)56-34-33(54-31(45)20-42-38(48)52-23-27-16-10-5-11-17-27)32(55-35(34)57-39)28(53-30(44)19-41-37(47)51-22-26-14-8-4-9-15-26)24-49-29(43)18-40-36(46)50-21-25-12-6-3-7-13-25/h3-17,28,32-35H,18-24H2,1-2H3,(H,40,46)(H,41,47)(H,42,48)/t28?,32-,33?,34?,35?/m1/s1. The van der Waals surface area contributed by atoms with Crippen LogP contribution in [-0.4, -0.2) is 98.9 Å². The topological polar surface area (TPSA) is 222 Å². The number of hydrogen-bond acceptors (Lipinski definition) is 15. The SMILES string of the molecule is CC1(C)OC2O[C@H](C(COC(=O)CNC(=O)OCc3ccccc3)OC(=O)CNC(=O)OCc3ccccc3)C(OC(=O)CNC(=O)OCc3ccccc3)C2O1. The Hall–Kier alpha value is -6.24. The Morgan fingerprint density at radius 1 is 0.596 bits per heavy atom. The van der Waals surface area contributed by atoms with Gasteiger partial charge < -0.3 is 58.6 Å². The fraction of sp³-hybridized carbons (Fsp3) is 0.385. The molecule has 57 heavy (non-hydrogen) atoms. The van der Waals surface area contributed by atoms with Crippen molar-refractivity contribution in [2.75, 3.05) is 26.2 Å². The molecule has 3 amide bonds. The highest BCUT2D eigenvalue weighted by Gasteiger charge is 2.59. The van der Waals surface area contributed by atoms with Gasteiger partial charge in [-0.15, -0.1) is 0 Å². The van der Waals surface area contributed by atoms with Crippen molar-refractivity contribution in [2.45, 2.75) is 70.2 Å². The molecule has 0 saturated carbocycles. The number of nitrogens with one attached hydrogen (secondary N) is 3. The molecule has 2 aliphatic heterocycles. The number of esters is 3. The van der Waals surface area contributed by atoms with Crippen LogP contribution in [0.4, 0.5) is 14.4 Å². The first kappa shape index (κ1) is 41.9. The van der Waals surface area contributed by atoms with Crippen molar-refractivity contribution >= 4 is 36.2 Å². The first-order valence-corrected chi connectivity index (χ1v) is 17.8. The number of hydrogen-bond donors (Lipinski definition) is 3. The van der Waals surface area contributed by atoms with Crippen LogP contribution in [0.3, 0.4) is 0 Å². The lowest BCUT2D eigenvalue weighted by atomic mass is 10.1. The van der Waals surface area contributed by atoms with Crippen molar-refractivity contribution in [1.29, 1.82) is 0 Å². The molecule has 304 valence electrons. The highest BCUT2D eigenvalue weighted by atomic mass is 16.8. The summed E-state index contributed by atoms with van der Waals surface area (Å²) in [6, 6.07) is 26.6. The van der Waals surface area contributed by atoms with Gasteiger partial charge in [-0.05, 0) is 30.5 Å². The van der Waals surface area contributed by atoms with Crippen LogP contribution in [0.15, 0.2) is 91.0 Å². The average Bonchev–Trinajstić information content (AvgIpc) is 3.69. The molecule has 0 bridgehead atoms. The minimum Gasteiger partial charge on any atom is -0.460 e. The van der Waals surface area contributed by atoms with Crippen molar-refractivity contribution in [2.24, 2.45) is 0 Å². The lowest BCUT2D eigenvalue weighted by Gasteiger charge is -2.30. The molecule has 3 aromatic carbocycles. The molecule has 3 aromatic rings. The van der Waals surface area contributed by atoms with Gasteiger partial charge in [-0.3, -0.25) is 14.4 Å². The Morgan fingerprint density at radius 2 is 1.04 bits per heavy atom. The van der Waals surface area contributed by atoms with Gasteiger partial charge >= 0.3 is 36.2 Å². The van der Waals surface area contributed by atoms with Crippen LogP contribution in [0, 0.1) is 0 Å². The molecule has 2 heterocycles. The lowest BCUT2D eigenvalue weighted by molar-refractivity contribution is -0.234. The number of alkyl carbamates (subject to hydrolysis) is 3. The molecule has 0 aromatic heterocycles. The van der Waals surface area contributed by atoms with Crippen LogP contribution in [0.2, 0.25) is 0 Å². The monoisotopic (exact) mass is 793 g/mol. The Bertz CT molecular complexity index is 1810. The van der Waals surface area contributed by atoms with Gasteiger partial charge in [0.25, 0.3) is 0 Å². The third-order valence-electron chi connectivity index (χ3n) is 8.12. The zero-order valence-corrected chi connectivity index (χ0v) is 31.1. The number of benzene rings is 3. The van der Waals surface area contributed by atoms with Crippen molar-refractivity contribution < 1.29 is 71.4 Å². The molecule has 0 radical (unpaired) electrons. The number of ether oxygens (including phenoxy) is 9. The van der Waals surface area contributed by atoms with E-state index in [-0.39, 0.29) is 19.8 Å². The second kappa shape index (κ2) is 20.6. The highest BCUT2D eigenvalue weighted by molar-refractivity contribution is 5.79. The average molecular weight is 794 g/mol. The summed E-state index contributed by atoms with van der Waals surface area (Å²) >= 11 is 0. The molecular weight excluding hydrogens is 750 g/mol. The predicted molar refractivity (Wildman–Crippen MR) is 193 cm³/mol. The number of fused-ring (bicyclic) bond motifs is 1. The van der Waals surface area contributed by atoms with Crippen LogP contribution in [-0.2, 0) is 76.8 Å². The quantitative estimate of drug-likeness (QED) is 0.132. The third-order valence-corrected chi connectivity index (χ3v) is 8.12. The second-order valence-corrected chi connectivity index (χ2v) is 13.0. The molecule has 4 unspecified atom stereocenters. The molecule has 0 aliphatic carbocycles. The van der Waals surface area contributed by atoms with Gasteiger partial charge in [-0.1, -0.05) is 91.0 Å². The van der Waals surface area contributed by atoms with E-state index < -0.39 is 98.9 Å². The van der Waals surface area contributed by atoms with Crippen LogP contribution < -0.4 is 16.0 Å². The van der Waals surface area contributed by atoms with Gasteiger partial charge in [0.1, 0.15) is 52.2 Å². The fourth-order valence-electron chi connectivity index (χ4n) is 5.52. The van der Waals surface area contributed by atoms with Crippen LogP contribution in [0.5, 0.6) is 0 Å². The lowest BCUT2D eigenvalue weighted by Crippen LogP contribution is -2.49. The van der Waals surface area contributed by atoms with Crippen molar-refractivity contribution in [3.63, 3.8) is 0 Å². The van der Waals surface area contributed by atoms with Crippen LogP contribution in [0.1, 0.15) is 30.5 Å². The largest absolute Gasteiger partial charge is 0.460 e. The Labute approximate surface area is 327 Å². The maximum absolute atomic E-state index is 13.1. The highest BCUT2D eigenvalue weighted by Crippen LogP contribution is 2.40. The zero-order chi connectivity index (χ0) is 40.6. The van der Waals surface area contributed by atoms with E-state index in [2.05, 4.69) is 16.0 Å². The van der Waals surface area contributed by atoms with Gasteiger partial charge in [0.2, 0.25) is 0 Å². The molecule has 0 spiro atoms. The second-order valence-electron chi connectivity index (χ2n) is 13.0. The summed E-state index contributed by atoms with van der Waals surface area (Å²) < 4.78 is 49.8. The smallest absolute Gasteiger partial charge is 0.407 e. The summed E-state index contributed by atoms with van der Waals surface area (Å²) in [5.41, 5.74) is 2.17. The first-order chi connectivity index (χ1) is 27.4. The maximum atomic E-state index is 13.1. The van der Waals surface area contributed by atoms with E-state index in [1.807, 2.05) is 12.1 Å². The summed E-state index contributed by atoms with van der Waals surface area (Å²) in [5, 5.41) is 6.86. The van der Waals surface area contributed by atoms with Crippen molar-refractivity contribution in [3.8, 4) is 0 Å². The Balaban J connectivity index is 1.20. The Kier molecular flexibility index (Phi) is 15.2. The molecular formula is C39H43N3O15. The van der Waals surface area contributed by atoms with Gasteiger partial charge in [0.05, 0.1) is 0 Å². The van der Waals surface area contributed by atoms with Crippen LogP contribution in [0.25, 0.3) is 0 Å². The minimum absolute atomic E-state index is 0.0413. The summed E-state index contributed by atoms with van der Waals surface area (Å²) in [6.45, 7) is 0.473. The third kappa shape index (κ3) is 13.8. The van der Waals surface area contributed by atoms with E-state index in [4.69, 9.17) is 42.6 Å². The number of rotatable bonds is 17. The number of amides is 3. The van der Waals surface area contributed by atoms with E-state index in [1.54, 1.807) is 92.7 Å². The van der Waals surface area contributed by atoms with E-state index in [9.17, 15) is 28.8 Å². The van der Waals surface area contributed by atoms with E-state index in [1.165, 1.54) is 0 Å². The first-order valence-electron chi connectivity index (χ1n) is 17.8. The maximum Gasteiger partial charge on any atom is 0.407 e. The molecule has 5 rings (SSSR count). The molecule has 2 fully saturated rings. The molecule has 18 heteroatoms. The van der Waals surface area contributed by atoms with E-state index in [0.29, 0.717) is 5.56 Å². The summed E-state index contributed by atoms with van der Waals surface area (Å²) in [4.78, 5) is 75.7. The van der Waals surface area contributed by atoms with Crippen molar-refractivity contribution in [1.82, 2.24) is 16.0 Å². The summed E-state index contributed by atoms with van der Waals surface area (Å²) in [5.74, 6) is -4.07. The fourth-order valence-corrected chi connectivity index (χ4v) is 5.52. The normalized spacial score (nSPS) is 19.5. The van der Waals surface area contributed by atoms with Gasteiger partial charge in [-0.25, -0.2) is 14.4 Å². The van der Waals surface area contributed by atoms with Crippen LogP contribution >= 0.6 is 0 Å². The molecule has 5 atom stereocenters. The Morgan fingerprint density at radius 3 is 1.51 bits per heavy atom. The molecule has 2 saturated heterocycles. The van der Waals surface area contributed by atoms with Gasteiger partial charge in [-0.2, -0.15) is 0 Å². The predicted octanol–water partition coefficient (Wildman–Crippen LogP) is 3.01. The number of carbonyl (C=O) groups is 6. The minimum atomic E-state index is -1.49. The number of carbonyl (C=O) groups excluding carboxylic acids is 6. The van der Waals surface area contributed by atoms with E-state index in [0.717, 1.165) is 11.1 Å². The summed E-state index contributed by atoms with van der Waals surface area (Å²) in [6.07, 6.45) is -9.07. The van der Waals surface area contributed by atoms with Gasteiger partial charge in [0.15, 0.2) is 30.4 Å². The zero-order valence-electron chi connectivity index (χ0n) is 31.1. The molecule has 18 nitrogen and oxygen atoms in total. The molecule has 3 N–H and O–H groups in total. The van der Waals surface area contributed by atoms with Gasteiger partial charge in [0, 0.05) is 0 Å². The van der Waals surface area contributed by atoms with Crippen molar-refractivity contribution in [3.05, 3.63) is 108 Å². The van der Waals surface area contributed by atoms with E-state index >= 15 is 0 Å². The molecule has 2 aliphatic rings. The summed E-state index contributed by atoms with van der Waals surface area (Å²) in [7, 11) is 0.